The highest BCUT2D eigenvalue weighted by Gasteiger charge is 2.29. The second-order valence-electron chi connectivity index (χ2n) is 8.34. The molecule has 1 aliphatic heterocycles. The molecule has 0 spiro atoms. The van der Waals surface area contributed by atoms with Crippen molar-refractivity contribution in [3.63, 3.8) is 0 Å². The van der Waals surface area contributed by atoms with Crippen molar-refractivity contribution in [3.8, 4) is 0 Å². The van der Waals surface area contributed by atoms with Crippen LogP contribution in [-0.2, 0) is 11.3 Å². The fourth-order valence-electron chi connectivity index (χ4n) is 3.75. The molecular formula is C22H34N4O. The third kappa shape index (κ3) is 4.63. The predicted molar refractivity (Wildman–Crippen MR) is 112 cm³/mol. The van der Waals surface area contributed by atoms with Gasteiger partial charge in [-0.05, 0) is 50.7 Å². The maximum Gasteiger partial charge on any atom is 0.225 e. The number of hydrogen-bond acceptors (Lipinski definition) is 3. The first-order chi connectivity index (χ1) is 13.0. The zero-order valence-corrected chi connectivity index (χ0v) is 17.2. The SMILES string of the molecule is CC[C@H](C)NC(=O)[C@H]1CCCN(c2nc3ccccc3n2CCC(C)C)C1. The van der Waals surface area contributed by atoms with Crippen LogP contribution in [0.4, 0.5) is 5.95 Å². The molecule has 5 heteroatoms. The Morgan fingerprint density at radius 3 is 2.81 bits per heavy atom. The summed E-state index contributed by atoms with van der Waals surface area (Å²) in [6.07, 6.45) is 4.09. The summed E-state index contributed by atoms with van der Waals surface area (Å²) in [5.41, 5.74) is 2.24. The van der Waals surface area contributed by atoms with Crippen molar-refractivity contribution in [2.75, 3.05) is 18.0 Å². The standard InChI is InChI=1S/C22H34N4O/c1-5-17(4)23-21(27)18-9-8-13-25(15-18)22-24-19-10-6-7-11-20(19)26(22)14-12-16(2)3/h6-7,10-11,16-18H,5,8-9,12-15H2,1-4H3,(H,23,27)/t17-,18-/m0/s1. The van der Waals surface area contributed by atoms with E-state index in [1.807, 2.05) is 6.07 Å². The number of fused-ring (bicyclic) bond motifs is 1. The largest absolute Gasteiger partial charge is 0.353 e. The maximum absolute atomic E-state index is 12.7. The Kier molecular flexibility index (Phi) is 6.40. The molecule has 1 N–H and O–H groups in total. The minimum absolute atomic E-state index is 0.0473. The summed E-state index contributed by atoms with van der Waals surface area (Å²) < 4.78 is 2.35. The first-order valence-electron chi connectivity index (χ1n) is 10.5. The van der Waals surface area contributed by atoms with Crippen molar-refractivity contribution in [2.45, 2.75) is 66.0 Å². The summed E-state index contributed by atoms with van der Waals surface area (Å²) in [4.78, 5) is 19.9. The van der Waals surface area contributed by atoms with Gasteiger partial charge in [-0.25, -0.2) is 4.98 Å². The fraction of sp³-hybridized carbons (Fsp3) is 0.636. The van der Waals surface area contributed by atoms with Gasteiger partial charge in [0.15, 0.2) is 0 Å². The summed E-state index contributed by atoms with van der Waals surface area (Å²) in [6.45, 7) is 11.4. The van der Waals surface area contributed by atoms with Crippen LogP contribution in [0.15, 0.2) is 24.3 Å². The van der Waals surface area contributed by atoms with E-state index >= 15 is 0 Å². The van der Waals surface area contributed by atoms with Gasteiger partial charge in [-0.3, -0.25) is 4.79 Å². The lowest BCUT2D eigenvalue weighted by Crippen LogP contribution is -2.46. The van der Waals surface area contributed by atoms with Gasteiger partial charge in [0, 0.05) is 25.7 Å². The lowest BCUT2D eigenvalue weighted by Gasteiger charge is -2.33. The molecule has 27 heavy (non-hydrogen) atoms. The smallest absolute Gasteiger partial charge is 0.225 e. The van der Waals surface area contributed by atoms with Gasteiger partial charge in [0.25, 0.3) is 0 Å². The number of nitrogens with zero attached hydrogens (tertiary/aromatic N) is 3. The van der Waals surface area contributed by atoms with Crippen LogP contribution in [0.1, 0.15) is 53.4 Å². The molecular weight excluding hydrogens is 336 g/mol. The Bertz CT molecular complexity index is 767. The molecule has 0 aliphatic carbocycles. The molecule has 1 fully saturated rings. The minimum atomic E-state index is 0.0473. The van der Waals surface area contributed by atoms with Crippen molar-refractivity contribution in [2.24, 2.45) is 11.8 Å². The van der Waals surface area contributed by atoms with Crippen LogP contribution in [0, 0.1) is 11.8 Å². The number of nitrogens with one attached hydrogen (secondary N) is 1. The Balaban J connectivity index is 1.83. The van der Waals surface area contributed by atoms with Crippen molar-refractivity contribution in [3.05, 3.63) is 24.3 Å². The van der Waals surface area contributed by atoms with E-state index in [0.717, 1.165) is 56.8 Å². The topological polar surface area (TPSA) is 50.2 Å². The van der Waals surface area contributed by atoms with E-state index in [1.54, 1.807) is 0 Å². The number of hydrogen-bond donors (Lipinski definition) is 1. The van der Waals surface area contributed by atoms with Crippen molar-refractivity contribution < 1.29 is 4.79 Å². The fourth-order valence-corrected chi connectivity index (χ4v) is 3.75. The second-order valence-corrected chi connectivity index (χ2v) is 8.34. The Morgan fingerprint density at radius 1 is 1.30 bits per heavy atom. The Morgan fingerprint density at radius 2 is 2.07 bits per heavy atom. The highest BCUT2D eigenvalue weighted by Crippen LogP contribution is 2.28. The van der Waals surface area contributed by atoms with Gasteiger partial charge in [0.2, 0.25) is 11.9 Å². The van der Waals surface area contributed by atoms with Crippen LogP contribution in [0.2, 0.25) is 0 Å². The zero-order valence-electron chi connectivity index (χ0n) is 17.2. The van der Waals surface area contributed by atoms with Gasteiger partial charge in [0.1, 0.15) is 0 Å². The lowest BCUT2D eigenvalue weighted by atomic mass is 9.97. The van der Waals surface area contributed by atoms with E-state index < -0.39 is 0 Å². The van der Waals surface area contributed by atoms with Gasteiger partial charge in [-0.2, -0.15) is 0 Å². The highest BCUT2D eigenvalue weighted by molar-refractivity contribution is 5.81. The number of carbonyl (C=O) groups excluding carboxylic acids is 1. The van der Waals surface area contributed by atoms with E-state index in [0.29, 0.717) is 5.92 Å². The third-order valence-electron chi connectivity index (χ3n) is 5.64. The molecule has 1 saturated heterocycles. The molecule has 2 atom stereocenters. The average Bonchev–Trinajstić information content (AvgIpc) is 3.05. The average molecular weight is 371 g/mol. The van der Waals surface area contributed by atoms with Crippen molar-refractivity contribution >= 4 is 22.9 Å². The van der Waals surface area contributed by atoms with Gasteiger partial charge in [-0.1, -0.05) is 32.9 Å². The molecule has 1 aromatic carbocycles. The minimum Gasteiger partial charge on any atom is -0.353 e. The number of carbonyl (C=O) groups is 1. The summed E-state index contributed by atoms with van der Waals surface area (Å²) in [5, 5.41) is 3.16. The first kappa shape index (κ1) is 19.7. The molecule has 1 aliphatic rings. The molecule has 0 bridgehead atoms. The number of piperidine rings is 1. The van der Waals surface area contributed by atoms with Gasteiger partial charge < -0.3 is 14.8 Å². The molecule has 0 unspecified atom stereocenters. The summed E-state index contributed by atoms with van der Waals surface area (Å²) >= 11 is 0. The normalized spacial score (nSPS) is 18.9. The maximum atomic E-state index is 12.7. The quantitative estimate of drug-likeness (QED) is 0.794. The van der Waals surface area contributed by atoms with E-state index in [2.05, 4.69) is 60.7 Å². The summed E-state index contributed by atoms with van der Waals surface area (Å²) in [5.74, 6) is 1.91. The summed E-state index contributed by atoms with van der Waals surface area (Å²) in [7, 11) is 0. The van der Waals surface area contributed by atoms with Crippen LogP contribution < -0.4 is 10.2 Å². The first-order valence-corrected chi connectivity index (χ1v) is 10.5. The molecule has 1 aromatic heterocycles. The molecule has 2 aromatic rings. The summed E-state index contributed by atoms with van der Waals surface area (Å²) in [6, 6.07) is 8.61. The number of para-hydroxylation sites is 2. The van der Waals surface area contributed by atoms with Crippen LogP contribution in [-0.4, -0.2) is 34.6 Å². The highest BCUT2D eigenvalue weighted by atomic mass is 16.2. The molecule has 3 rings (SSSR count). The third-order valence-corrected chi connectivity index (χ3v) is 5.64. The van der Waals surface area contributed by atoms with Crippen LogP contribution in [0.3, 0.4) is 0 Å². The van der Waals surface area contributed by atoms with Crippen molar-refractivity contribution in [1.82, 2.24) is 14.9 Å². The number of rotatable bonds is 7. The number of imidazole rings is 1. The van der Waals surface area contributed by atoms with Crippen LogP contribution >= 0.6 is 0 Å². The van der Waals surface area contributed by atoms with Gasteiger partial charge in [-0.15, -0.1) is 0 Å². The number of aryl methyl sites for hydroxylation is 1. The monoisotopic (exact) mass is 370 g/mol. The van der Waals surface area contributed by atoms with Crippen LogP contribution in [0.5, 0.6) is 0 Å². The van der Waals surface area contributed by atoms with Crippen molar-refractivity contribution in [1.29, 1.82) is 0 Å². The lowest BCUT2D eigenvalue weighted by molar-refractivity contribution is -0.125. The predicted octanol–water partition coefficient (Wildman–Crippen LogP) is 4.21. The van der Waals surface area contributed by atoms with E-state index in [4.69, 9.17) is 4.98 Å². The molecule has 2 heterocycles. The molecule has 1 amide bonds. The number of aromatic nitrogens is 2. The Hall–Kier alpha value is -2.04. The molecule has 0 radical (unpaired) electrons. The van der Waals surface area contributed by atoms with Gasteiger partial charge in [0.05, 0.1) is 17.0 Å². The molecule has 5 nitrogen and oxygen atoms in total. The molecule has 148 valence electrons. The van der Waals surface area contributed by atoms with E-state index in [9.17, 15) is 4.79 Å². The van der Waals surface area contributed by atoms with E-state index in [-0.39, 0.29) is 17.9 Å². The van der Waals surface area contributed by atoms with Crippen LogP contribution in [0.25, 0.3) is 11.0 Å². The number of benzene rings is 1. The van der Waals surface area contributed by atoms with Gasteiger partial charge >= 0.3 is 0 Å². The Labute approximate surface area is 163 Å². The number of anilines is 1. The molecule has 0 saturated carbocycles. The van der Waals surface area contributed by atoms with E-state index in [1.165, 1.54) is 5.52 Å². The zero-order chi connectivity index (χ0) is 19.4. The number of amides is 1. The second kappa shape index (κ2) is 8.77.